The maximum absolute atomic E-state index is 9.90. The van der Waals surface area contributed by atoms with Crippen molar-refractivity contribution >= 4 is 0 Å². The molecular formula is C17H26O3. The van der Waals surface area contributed by atoms with Gasteiger partial charge < -0.3 is 14.6 Å². The summed E-state index contributed by atoms with van der Waals surface area (Å²) in [4.78, 5) is 0. The molecule has 1 heterocycles. The Labute approximate surface area is 121 Å². The fraction of sp³-hybridized carbons (Fsp3) is 0.647. The molecule has 1 N–H and O–H groups in total. The lowest BCUT2D eigenvalue weighted by atomic mass is 9.90. The molecule has 1 aromatic carbocycles. The largest absolute Gasteiger partial charge is 0.508 e. The molecule has 20 heavy (non-hydrogen) atoms. The summed E-state index contributed by atoms with van der Waals surface area (Å²) in [7, 11) is 0. The minimum Gasteiger partial charge on any atom is -0.508 e. The van der Waals surface area contributed by atoms with Gasteiger partial charge in [0.1, 0.15) is 5.75 Å². The quantitative estimate of drug-likeness (QED) is 0.896. The van der Waals surface area contributed by atoms with Crippen LogP contribution in [-0.4, -0.2) is 22.6 Å². The highest BCUT2D eigenvalue weighted by molar-refractivity contribution is 5.34. The van der Waals surface area contributed by atoms with Crippen LogP contribution in [0, 0.1) is 0 Å². The summed E-state index contributed by atoms with van der Waals surface area (Å²) in [5.74, 6) is 0.175. The third-order valence-electron chi connectivity index (χ3n) is 4.04. The SMILES string of the molecule is C[C@@H](CC[C@@H]1OC(C)(C)OC1(C)C)c1ccccc1O. The average molecular weight is 278 g/mol. The summed E-state index contributed by atoms with van der Waals surface area (Å²) < 4.78 is 11.9. The standard InChI is InChI=1S/C17H26O3/c1-12(13-8-6-7-9-14(13)18)10-11-15-16(2,3)20-17(4,5)19-15/h6-9,12,15,18H,10-11H2,1-5H3/t12-,15-/m0/s1. The molecule has 1 aromatic rings. The second kappa shape index (κ2) is 5.38. The molecule has 0 amide bonds. The maximum Gasteiger partial charge on any atom is 0.164 e. The lowest BCUT2D eigenvalue weighted by Crippen LogP contribution is -2.33. The lowest BCUT2D eigenvalue weighted by molar-refractivity contribution is -0.157. The minimum atomic E-state index is -0.508. The van der Waals surface area contributed by atoms with E-state index >= 15 is 0 Å². The van der Waals surface area contributed by atoms with Gasteiger partial charge in [0.05, 0.1) is 11.7 Å². The van der Waals surface area contributed by atoms with Crippen molar-refractivity contribution in [2.45, 2.75) is 70.9 Å². The van der Waals surface area contributed by atoms with Gasteiger partial charge in [0.15, 0.2) is 5.79 Å². The number of hydrogen-bond acceptors (Lipinski definition) is 3. The molecule has 2 rings (SSSR count). The molecule has 0 spiro atoms. The van der Waals surface area contributed by atoms with Gasteiger partial charge in [-0.25, -0.2) is 0 Å². The molecule has 3 heteroatoms. The predicted octanol–water partition coefficient (Wildman–Crippen LogP) is 4.21. The molecule has 2 atom stereocenters. The van der Waals surface area contributed by atoms with E-state index in [0.29, 0.717) is 11.7 Å². The van der Waals surface area contributed by atoms with Crippen LogP contribution in [0.5, 0.6) is 5.75 Å². The molecule has 1 saturated heterocycles. The highest BCUT2D eigenvalue weighted by Crippen LogP contribution is 2.39. The van der Waals surface area contributed by atoms with Crippen LogP contribution < -0.4 is 0 Å². The van der Waals surface area contributed by atoms with E-state index in [2.05, 4.69) is 20.8 Å². The number of phenolic OH excluding ortho intramolecular Hbond substituents is 1. The second-order valence-corrected chi connectivity index (χ2v) is 6.75. The predicted molar refractivity (Wildman–Crippen MR) is 79.9 cm³/mol. The van der Waals surface area contributed by atoms with Crippen molar-refractivity contribution in [2.75, 3.05) is 0 Å². The Kier molecular flexibility index (Phi) is 4.12. The van der Waals surface area contributed by atoms with Crippen LogP contribution in [0.4, 0.5) is 0 Å². The Morgan fingerprint density at radius 3 is 2.40 bits per heavy atom. The zero-order valence-corrected chi connectivity index (χ0v) is 13.1. The van der Waals surface area contributed by atoms with Crippen LogP contribution in [-0.2, 0) is 9.47 Å². The topological polar surface area (TPSA) is 38.7 Å². The van der Waals surface area contributed by atoms with Crippen LogP contribution in [0.3, 0.4) is 0 Å². The van der Waals surface area contributed by atoms with Gasteiger partial charge in [-0.1, -0.05) is 25.1 Å². The van der Waals surface area contributed by atoms with Gasteiger partial charge in [-0.3, -0.25) is 0 Å². The van der Waals surface area contributed by atoms with Gasteiger partial charge in [0.2, 0.25) is 0 Å². The van der Waals surface area contributed by atoms with E-state index in [4.69, 9.17) is 9.47 Å². The smallest absolute Gasteiger partial charge is 0.164 e. The number of para-hydroxylation sites is 1. The van der Waals surface area contributed by atoms with Gasteiger partial charge in [-0.05, 0) is 58.1 Å². The molecule has 3 nitrogen and oxygen atoms in total. The second-order valence-electron chi connectivity index (χ2n) is 6.75. The summed E-state index contributed by atoms with van der Waals surface area (Å²) in [5.41, 5.74) is 0.741. The van der Waals surface area contributed by atoms with Gasteiger partial charge in [-0.2, -0.15) is 0 Å². The number of rotatable bonds is 4. The summed E-state index contributed by atoms with van der Waals surface area (Å²) in [6.07, 6.45) is 1.97. The molecule has 112 valence electrons. The zero-order chi connectivity index (χ0) is 15.0. The molecule has 0 aliphatic carbocycles. The molecule has 0 unspecified atom stereocenters. The monoisotopic (exact) mass is 278 g/mol. The third-order valence-corrected chi connectivity index (χ3v) is 4.04. The maximum atomic E-state index is 9.90. The normalized spacial score (nSPS) is 25.6. The van der Waals surface area contributed by atoms with E-state index in [1.54, 1.807) is 6.07 Å². The van der Waals surface area contributed by atoms with Crippen LogP contribution in [0.2, 0.25) is 0 Å². The molecule has 1 fully saturated rings. The highest BCUT2D eigenvalue weighted by atomic mass is 16.8. The molecule has 0 saturated carbocycles. The number of benzene rings is 1. The van der Waals surface area contributed by atoms with Crippen molar-refractivity contribution < 1.29 is 14.6 Å². The van der Waals surface area contributed by atoms with Crippen molar-refractivity contribution in [1.82, 2.24) is 0 Å². The molecule has 0 radical (unpaired) electrons. The summed E-state index contributed by atoms with van der Waals surface area (Å²) in [6.45, 7) is 10.2. The third kappa shape index (κ3) is 3.33. The first-order chi connectivity index (χ1) is 9.21. The van der Waals surface area contributed by atoms with Gasteiger partial charge in [-0.15, -0.1) is 0 Å². The molecular weight excluding hydrogens is 252 g/mol. The molecule has 0 bridgehead atoms. The van der Waals surface area contributed by atoms with Crippen LogP contribution in [0.15, 0.2) is 24.3 Å². The lowest BCUT2D eigenvalue weighted by Gasteiger charge is -2.25. The number of phenols is 1. The van der Waals surface area contributed by atoms with E-state index in [0.717, 1.165) is 18.4 Å². The van der Waals surface area contributed by atoms with E-state index in [-0.39, 0.29) is 11.7 Å². The van der Waals surface area contributed by atoms with Crippen LogP contribution in [0.25, 0.3) is 0 Å². The fourth-order valence-electron chi connectivity index (χ4n) is 3.08. The Bertz CT molecular complexity index is 465. The zero-order valence-electron chi connectivity index (χ0n) is 13.1. The Morgan fingerprint density at radius 1 is 1.20 bits per heavy atom. The van der Waals surface area contributed by atoms with E-state index in [1.165, 1.54) is 0 Å². The number of hydrogen-bond donors (Lipinski definition) is 1. The van der Waals surface area contributed by atoms with E-state index in [1.807, 2.05) is 32.0 Å². The van der Waals surface area contributed by atoms with E-state index < -0.39 is 5.79 Å². The molecule has 1 aliphatic heterocycles. The Hall–Kier alpha value is -1.06. The first-order valence-electron chi connectivity index (χ1n) is 7.37. The summed E-state index contributed by atoms with van der Waals surface area (Å²) in [5, 5.41) is 9.90. The van der Waals surface area contributed by atoms with Crippen LogP contribution >= 0.6 is 0 Å². The average Bonchev–Trinajstić information content (AvgIpc) is 2.54. The number of aromatic hydroxyl groups is 1. The van der Waals surface area contributed by atoms with E-state index in [9.17, 15) is 5.11 Å². The first kappa shape index (κ1) is 15.3. The summed E-state index contributed by atoms with van der Waals surface area (Å²) >= 11 is 0. The van der Waals surface area contributed by atoms with Crippen molar-refractivity contribution in [3.63, 3.8) is 0 Å². The summed E-state index contributed by atoms with van der Waals surface area (Å²) in [6, 6.07) is 7.55. The molecule has 0 aromatic heterocycles. The Morgan fingerprint density at radius 2 is 1.85 bits per heavy atom. The fourth-order valence-corrected chi connectivity index (χ4v) is 3.08. The van der Waals surface area contributed by atoms with Gasteiger partial charge >= 0.3 is 0 Å². The van der Waals surface area contributed by atoms with Crippen molar-refractivity contribution in [1.29, 1.82) is 0 Å². The van der Waals surface area contributed by atoms with Crippen LogP contribution in [0.1, 0.15) is 58.9 Å². The van der Waals surface area contributed by atoms with Crippen molar-refractivity contribution in [3.8, 4) is 5.75 Å². The first-order valence-corrected chi connectivity index (χ1v) is 7.37. The molecule has 1 aliphatic rings. The number of ether oxygens (including phenoxy) is 2. The Balaban J connectivity index is 1.97. The minimum absolute atomic E-state index is 0.0887. The van der Waals surface area contributed by atoms with Crippen molar-refractivity contribution in [3.05, 3.63) is 29.8 Å². The van der Waals surface area contributed by atoms with Gasteiger partial charge in [0, 0.05) is 0 Å². The van der Waals surface area contributed by atoms with Gasteiger partial charge in [0.25, 0.3) is 0 Å². The van der Waals surface area contributed by atoms with Crippen molar-refractivity contribution in [2.24, 2.45) is 0 Å². The highest BCUT2D eigenvalue weighted by Gasteiger charge is 2.46.